The first-order chi connectivity index (χ1) is 10.1. The van der Waals surface area contributed by atoms with Crippen LogP contribution in [0.4, 0.5) is 4.39 Å². The van der Waals surface area contributed by atoms with Gasteiger partial charge in [0.25, 0.3) is 0 Å². The Morgan fingerprint density at radius 2 is 1.81 bits per heavy atom. The van der Waals surface area contributed by atoms with Crippen LogP contribution in [0.2, 0.25) is 5.02 Å². The van der Waals surface area contributed by atoms with Crippen molar-refractivity contribution in [2.24, 2.45) is 0 Å². The first kappa shape index (κ1) is 16.0. The van der Waals surface area contributed by atoms with E-state index in [1.54, 1.807) is 12.1 Å². The number of hydrogen-bond acceptors (Lipinski definition) is 1. The van der Waals surface area contributed by atoms with E-state index in [0.29, 0.717) is 17.9 Å². The van der Waals surface area contributed by atoms with Gasteiger partial charge in [0.05, 0.1) is 5.02 Å². The van der Waals surface area contributed by atoms with Gasteiger partial charge in [-0.05, 0) is 36.1 Å². The smallest absolute Gasteiger partial charge is 0.145 e. The minimum absolute atomic E-state index is 0.172. The van der Waals surface area contributed by atoms with E-state index < -0.39 is 0 Å². The molecule has 1 N–H and O–H groups in total. The van der Waals surface area contributed by atoms with E-state index in [-0.39, 0.29) is 16.9 Å². The first-order valence-corrected chi connectivity index (χ1v) is 7.72. The van der Waals surface area contributed by atoms with Gasteiger partial charge < -0.3 is 5.32 Å². The summed E-state index contributed by atoms with van der Waals surface area (Å²) in [6.07, 6.45) is 0.621. The molecule has 0 aliphatic rings. The fourth-order valence-corrected chi connectivity index (χ4v) is 2.81. The number of rotatable bonds is 6. The van der Waals surface area contributed by atoms with Crippen molar-refractivity contribution in [3.63, 3.8) is 0 Å². The molecule has 0 saturated heterocycles. The second kappa shape index (κ2) is 7.58. The molecular weight excluding hydrogens is 285 g/mol. The minimum atomic E-state index is -0.303. The summed E-state index contributed by atoms with van der Waals surface area (Å²) in [5, 5.41) is 3.66. The van der Waals surface area contributed by atoms with Gasteiger partial charge in [-0.15, -0.1) is 0 Å². The minimum Gasteiger partial charge on any atom is -0.313 e. The lowest BCUT2D eigenvalue weighted by Crippen LogP contribution is -2.36. The molecule has 112 valence electrons. The highest BCUT2D eigenvalue weighted by Crippen LogP contribution is 2.25. The average molecular weight is 306 g/mol. The van der Waals surface area contributed by atoms with E-state index in [9.17, 15) is 4.39 Å². The third-order valence-corrected chi connectivity index (χ3v) is 4.16. The number of halogens is 2. The van der Waals surface area contributed by atoms with Gasteiger partial charge in [0.15, 0.2) is 0 Å². The van der Waals surface area contributed by atoms with Gasteiger partial charge in [-0.2, -0.15) is 0 Å². The molecule has 2 aromatic carbocycles. The molecule has 21 heavy (non-hydrogen) atoms. The lowest BCUT2D eigenvalue weighted by atomic mass is 9.89. The topological polar surface area (TPSA) is 12.0 Å². The standard InChI is InChI=1S/C18H21ClFN/c1-3-21-17(13(2)14-8-5-4-6-9-14)12-15-10-7-11-16(19)18(15)20/h4-11,13,17,21H,3,12H2,1-2H3. The molecule has 0 aliphatic heterocycles. The highest BCUT2D eigenvalue weighted by molar-refractivity contribution is 6.30. The van der Waals surface area contributed by atoms with Crippen molar-refractivity contribution < 1.29 is 4.39 Å². The van der Waals surface area contributed by atoms with Crippen LogP contribution in [0.3, 0.4) is 0 Å². The Labute approximate surface area is 131 Å². The Hall–Kier alpha value is -1.38. The summed E-state index contributed by atoms with van der Waals surface area (Å²) in [6, 6.07) is 15.7. The van der Waals surface area contributed by atoms with E-state index in [1.807, 2.05) is 24.3 Å². The molecule has 0 saturated carbocycles. The summed E-state index contributed by atoms with van der Waals surface area (Å²) in [5.41, 5.74) is 1.92. The quantitative estimate of drug-likeness (QED) is 0.808. The number of likely N-dealkylation sites (N-methyl/N-ethyl adjacent to an activating group) is 1. The largest absolute Gasteiger partial charge is 0.313 e. The highest BCUT2D eigenvalue weighted by Gasteiger charge is 2.20. The second-order valence-electron chi connectivity index (χ2n) is 5.28. The predicted octanol–water partition coefficient (Wildman–Crippen LogP) is 4.80. The number of hydrogen-bond donors (Lipinski definition) is 1. The summed E-state index contributed by atoms with van der Waals surface area (Å²) in [5.74, 6) is -0.00753. The molecule has 2 rings (SSSR count). The van der Waals surface area contributed by atoms with Gasteiger partial charge in [0.1, 0.15) is 5.82 Å². The van der Waals surface area contributed by atoms with Crippen LogP contribution in [0, 0.1) is 5.82 Å². The van der Waals surface area contributed by atoms with Crippen LogP contribution in [-0.2, 0) is 6.42 Å². The van der Waals surface area contributed by atoms with Crippen LogP contribution in [0.5, 0.6) is 0 Å². The van der Waals surface area contributed by atoms with Gasteiger partial charge in [-0.25, -0.2) is 4.39 Å². The van der Waals surface area contributed by atoms with Gasteiger partial charge in [0.2, 0.25) is 0 Å². The Kier molecular flexibility index (Phi) is 5.77. The maximum absolute atomic E-state index is 14.1. The maximum Gasteiger partial charge on any atom is 0.145 e. The summed E-state index contributed by atoms with van der Waals surface area (Å²) < 4.78 is 14.1. The van der Waals surface area contributed by atoms with Crippen molar-refractivity contribution >= 4 is 11.6 Å². The molecule has 0 bridgehead atoms. The molecule has 0 aromatic heterocycles. The first-order valence-electron chi connectivity index (χ1n) is 7.34. The monoisotopic (exact) mass is 305 g/mol. The van der Waals surface area contributed by atoms with E-state index in [4.69, 9.17) is 11.6 Å². The maximum atomic E-state index is 14.1. The predicted molar refractivity (Wildman–Crippen MR) is 87.4 cm³/mol. The summed E-state index contributed by atoms with van der Waals surface area (Å²) in [6.45, 7) is 5.09. The van der Waals surface area contributed by atoms with E-state index in [1.165, 1.54) is 5.56 Å². The Morgan fingerprint density at radius 1 is 1.10 bits per heavy atom. The van der Waals surface area contributed by atoms with Crippen molar-refractivity contribution in [2.45, 2.75) is 32.2 Å². The summed E-state index contributed by atoms with van der Waals surface area (Å²) >= 11 is 5.88. The van der Waals surface area contributed by atoms with Crippen molar-refractivity contribution in [1.29, 1.82) is 0 Å². The summed E-state index contributed by atoms with van der Waals surface area (Å²) in [7, 11) is 0. The lowest BCUT2D eigenvalue weighted by Gasteiger charge is -2.25. The zero-order chi connectivity index (χ0) is 15.2. The average Bonchev–Trinajstić information content (AvgIpc) is 2.51. The van der Waals surface area contributed by atoms with Crippen molar-refractivity contribution in [3.8, 4) is 0 Å². The van der Waals surface area contributed by atoms with Crippen molar-refractivity contribution in [3.05, 3.63) is 70.5 Å². The van der Waals surface area contributed by atoms with Gasteiger partial charge in [-0.3, -0.25) is 0 Å². The molecule has 3 heteroatoms. The molecule has 0 amide bonds. The number of benzene rings is 2. The second-order valence-corrected chi connectivity index (χ2v) is 5.69. The van der Waals surface area contributed by atoms with Crippen LogP contribution in [-0.4, -0.2) is 12.6 Å². The Morgan fingerprint density at radius 3 is 2.48 bits per heavy atom. The Bertz CT molecular complexity index is 571. The molecule has 0 heterocycles. The van der Waals surface area contributed by atoms with Crippen LogP contribution in [0.1, 0.15) is 30.9 Å². The van der Waals surface area contributed by atoms with Crippen LogP contribution >= 0.6 is 11.6 Å². The molecule has 0 spiro atoms. The van der Waals surface area contributed by atoms with Crippen molar-refractivity contribution in [2.75, 3.05) is 6.54 Å². The summed E-state index contributed by atoms with van der Waals surface area (Å²) in [4.78, 5) is 0. The third-order valence-electron chi connectivity index (χ3n) is 3.87. The molecule has 2 atom stereocenters. The normalized spacial score (nSPS) is 13.9. The van der Waals surface area contributed by atoms with E-state index in [0.717, 1.165) is 6.54 Å². The fraction of sp³-hybridized carbons (Fsp3) is 0.333. The Balaban J connectivity index is 2.21. The molecular formula is C18H21ClFN. The molecule has 0 fully saturated rings. The molecule has 0 aliphatic carbocycles. The van der Waals surface area contributed by atoms with Crippen LogP contribution in [0.15, 0.2) is 48.5 Å². The van der Waals surface area contributed by atoms with Crippen molar-refractivity contribution in [1.82, 2.24) is 5.32 Å². The third kappa shape index (κ3) is 4.05. The van der Waals surface area contributed by atoms with Gasteiger partial charge in [0, 0.05) is 6.04 Å². The lowest BCUT2D eigenvalue weighted by molar-refractivity contribution is 0.450. The molecule has 2 unspecified atom stereocenters. The van der Waals surface area contributed by atoms with Crippen LogP contribution < -0.4 is 5.32 Å². The van der Waals surface area contributed by atoms with E-state index in [2.05, 4.69) is 31.3 Å². The van der Waals surface area contributed by atoms with Crippen LogP contribution in [0.25, 0.3) is 0 Å². The molecule has 1 nitrogen and oxygen atoms in total. The molecule has 0 radical (unpaired) electrons. The number of nitrogens with one attached hydrogen (secondary N) is 1. The SMILES string of the molecule is CCNC(Cc1cccc(Cl)c1F)C(C)c1ccccc1. The zero-order valence-electron chi connectivity index (χ0n) is 12.4. The van der Waals surface area contributed by atoms with E-state index >= 15 is 0 Å². The van der Waals surface area contributed by atoms with Gasteiger partial charge in [-0.1, -0.05) is 67.9 Å². The highest BCUT2D eigenvalue weighted by atomic mass is 35.5. The fourth-order valence-electron chi connectivity index (χ4n) is 2.62. The van der Waals surface area contributed by atoms with Gasteiger partial charge >= 0.3 is 0 Å². The zero-order valence-corrected chi connectivity index (χ0v) is 13.2. The molecule has 2 aromatic rings.